The Morgan fingerprint density at radius 2 is 2.05 bits per heavy atom. The van der Waals surface area contributed by atoms with Crippen molar-refractivity contribution in [2.45, 2.75) is 17.6 Å². The smallest absolute Gasteiger partial charge is 0.199 e. The van der Waals surface area contributed by atoms with Gasteiger partial charge in [0, 0.05) is 27.8 Å². The fraction of sp³-hybridized carbons (Fsp3) is 0.133. The quantitative estimate of drug-likeness (QED) is 0.733. The molecule has 0 aliphatic carbocycles. The van der Waals surface area contributed by atoms with Crippen LogP contribution in [0.2, 0.25) is 0 Å². The monoisotopic (exact) mass is 287 g/mol. The molecule has 1 N–H and O–H groups in total. The number of thiophene rings is 1. The Labute approximate surface area is 119 Å². The lowest BCUT2D eigenvalue weighted by Crippen LogP contribution is -2.00. The van der Waals surface area contributed by atoms with Gasteiger partial charge in [-0.05, 0) is 12.5 Å². The van der Waals surface area contributed by atoms with E-state index in [9.17, 15) is 4.79 Å². The van der Waals surface area contributed by atoms with Gasteiger partial charge < -0.3 is 4.98 Å². The number of aromatic amines is 1. The number of rotatable bonds is 3. The summed E-state index contributed by atoms with van der Waals surface area (Å²) in [5, 5.41) is 2.07. The molecule has 2 heterocycles. The van der Waals surface area contributed by atoms with E-state index in [2.05, 4.69) is 22.5 Å². The molecular formula is C15H13NOS2. The van der Waals surface area contributed by atoms with Gasteiger partial charge in [-0.2, -0.15) is 0 Å². The van der Waals surface area contributed by atoms with Gasteiger partial charge in [-0.3, -0.25) is 4.79 Å². The average Bonchev–Trinajstić information content (AvgIpc) is 2.81. The first kappa shape index (κ1) is 12.5. The third kappa shape index (κ3) is 2.60. The van der Waals surface area contributed by atoms with Crippen molar-refractivity contribution in [2.24, 2.45) is 0 Å². The van der Waals surface area contributed by atoms with Gasteiger partial charge in [-0.1, -0.05) is 30.3 Å². The van der Waals surface area contributed by atoms with Crippen molar-refractivity contribution in [3.8, 4) is 0 Å². The van der Waals surface area contributed by atoms with Crippen LogP contribution in [0.5, 0.6) is 0 Å². The van der Waals surface area contributed by atoms with Crippen molar-refractivity contribution in [3.63, 3.8) is 0 Å². The van der Waals surface area contributed by atoms with Crippen molar-refractivity contribution in [1.29, 1.82) is 0 Å². The van der Waals surface area contributed by atoms with Crippen LogP contribution in [0.15, 0.2) is 51.5 Å². The molecule has 0 saturated heterocycles. The number of H-pyrrole nitrogens is 1. The molecule has 0 amide bonds. The molecule has 0 saturated carbocycles. The molecule has 0 fully saturated rings. The number of pyridine rings is 1. The zero-order valence-electron chi connectivity index (χ0n) is 10.5. The van der Waals surface area contributed by atoms with Gasteiger partial charge in [-0.15, -0.1) is 23.1 Å². The second kappa shape index (κ2) is 5.23. The lowest BCUT2D eigenvalue weighted by molar-refractivity contribution is 1.23. The zero-order chi connectivity index (χ0) is 13.2. The SMILES string of the molecule is Cc1cc(=O)c2scc(SCc3ccccc3)c2[nH]1. The molecule has 0 radical (unpaired) electrons. The molecule has 2 nitrogen and oxygen atoms in total. The zero-order valence-corrected chi connectivity index (χ0v) is 12.1. The first-order chi connectivity index (χ1) is 9.24. The number of benzene rings is 1. The highest BCUT2D eigenvalue weighted by Gasteiger charge is 2.08. The molecular weight excluding hydrogens is 274 g/mol. The molecule has 19 heavy (non-hydrogen) atoms. The van der Waals surface area contributed by atoms with Crippen LogP contribution in [0.25, 0.3) is 10.2 Å². The summed E-state index contributed by atoms with van der Waals surface area (Å²) in [7, 11) is 0. The Balaban J connectivity index is 1.92. The van der Waals surface area contributed by atoms with Crippen LogP contribution in [-0.2, 0) is 5.75 Å². The van der Waals surface area contributed by atoms with E-state index in [0.717, 1.165) is 26.6 Å². The minimum atomic E-state index is 0.114. The summed E-state index contributed by atoms with van der Waals surface area (Å²) in [5.41, 5.74) is 3.30. The van der Waals surface area contributed by atoms with Crippen LogP contribution < -0.4 is 5.43 Å². The first-order valence-corrected chi connectivity index (χ1v) is 7.88. The second-order valence-electron chi connectivity index (χ2n) is 4.39. The Hall–Kier alpha value is -1.52. The van der Waals surface area contributed by atoms with Crippen molar-refractivity contribution in [3.05, 3.63) is 63.3 Å². The van der Waals surface area contributed by atoms with Gasteiger partial charge >= 0.3 is 0 Å². The fourth-order valence-corrected chi connectivity index (χ4v) is 4.07. The van der Waals surface area contributed by atoms with Crippen LogP contribution in [0.4, 0.5) is 0 Å². The summed E-state index contributed by atoms with van der Waals surface area (Å²) in [4.78, 5) is 16.3. The lowest BCUT2D eigenvalue weighted by atomic mass is 10.2. The van der Waals surface area contributed by atoms with Crippen LogP contribution >= 0.6 is 23.1 Å². The Morgan fingerprint density at radius 1 is 1.26 bits per heavy atom. The highest BCUT2D eigenvalue weighted by atomic mass is 32.2. The van der Waals surface area contributed by atoms with Crippen LogP contribution in [0.3, 0.4) is 0 Å². The lowest BCUT2D eigenvalue weighted by Gasteiger charge is -2.01. The second-order valence-corrected chi connectivity index (χ2v) is 6.29. The molecule has 3 rings (SSSR count). The van der Waals surface area contributed by atoms with Crippen molar-refractivity contribution < 1.29 is 0 Å². The van der Waals surface area contributed by atoms with E-state index in [1.807, 2.05) is 25.1 Å². The van der Waals surface area contributed by atoms with Crippen molar-refractivity contribution >= 4 is 33.3 Å². The molecule has 0 atom stereocenters. The largest absolute Gasteiger partial charge is 0.357 e. The first-order valence-electron chi connectivity index (χ1n) is 6.02. The summed E-state index contributed by atoms with van der Waals surface area (Å²) in [6.07, 6.45) is 0. The van der Waals surface area contributed by atoms with Gasteiger partial charge in [-0.25, -0.2) is 0 Å². The molecule has 0 aliphatic rings. The molecule has 4 heteroatoms. The standard InChI is InChI=1S/C15H13NOS2/c1-10-7-12(17)15-14(16-10)13(9-19-15)18-8-11-5-3-2-4-6-11/h2-7,9H,8H2,1H3,(H,16,17). The van der Waals surface area contributed by atoms with Gasteiger partial charge in [0.25, 0.3) is 0 Å². The predicted octanol–water partition coefficient (Wildman–Crippen LogP) is 4.19. The summed E-state index contributed by atoms with van der Waals surface area (Å²) >= 11 is 3.29. The number of hydrogen-bond donors (Lipinski definition) is 1. The van der Waals surface area contributed by atoms with Gasteiger partial charge in [0.2, 0.25) is 0 Å². The van der Waals surface area contributed by atoms with Crippen LogP contribution in [-0.4, -0.2) is 4.98 Å². The van der Waals surface area contributed by atoms with Crippen LogP contribution in [0, 0.1) is 6.92 Å². The maximum Gasteiger partial charge on any atom is 0.199 e. The number of nitrogens with one attached hydrogen (secondary N) is 1. The van der Waals surface area contributed by atoms with E-state index in [1.54, 1.807) is 17.8 Å². The number of aryl methyl sites for hydroxylation is 1. The minimum absolute atomic E-state index is 0.114. The molecule has 96 valence electrons. The number of fused-ring (bicyclic) bond motifs is 1. The number of thioether (sulfide) groups is 1. The predicted molar refractivity (Wildman–Crippen MR) is 83.2 cm³/mol. The van der Waals surface area contributed by atoms with E-state index in [4.69, 9.17) is 0 Å². The van der Waals surface area contributed by atoms with Crippen molar-refractivity contribution in [1.82, 2.24) is 4.98 Å². The number of aromatic nitrogens is 1. The molecule has 0 aliphatic heterocycles. The molecule has 0 bridgehead atoms. The van der Waals surface area contributed by atoms with Gasteiger partial charge in [0.05, 0.1) is 10.2 Å². The summed E-state index contributed by atoms with van der Waals surface area (Å²) in [6, 6.07) is 12.0. The van der Waals surface area contributed by atoms with E-state index in [0.29, 0.717) is 0 Å². The van der Waals surface area contributed by atoms with E-state index < -0.39 is 0 Å². The van der Waals surface area contributed by atoms with E-state index in [1.165, 1.54) is 16.9 Å². The highest BCUT2D eigenvalue weighted by Crippen LogP contribution is 2.32. The van der Waals surface area contributed by atoms with E-state index >= 15 is 0 Å². The molecule has 2 aromatic heterocycles. The third-order valence-electron chi connectivity index (χ3n) is 2.89. The Morgan fingerprint density at radius 3 is 2.84 bits per heavy atom. The third-order valence-corrected chi connectivity index (χ3v) is 5.14. The Bertz CT molecular complexity index is 759. The van der Waals surface area contributed by atoms with Gasteiger partial charge in [0.1, 0.15) is 0 Å². The Kier molecular flexibility index (Phi) is 3.44. The van der Waals surface area contributed by atoms with Crippen LogP contribution in [0.1, 0.15) is 11.3 Å². The molecule has 0 unspecified atom stereocenters. The molecule has 0 spiro atoms. The topological polar surface area (TPSA) is 32.9 Å². The maximum absolute atomic E-state index is 11.9. The average molecular weight is 287 g/mol. The normalized spacial score (nSPS) is 11.0. The maximum atomic E-state index is 11.9. The summed E-state index contributed by atoms with van der Waals surface area (Å²) in [6.45, 7) is 1.92. The number of hydrogen-bond acceptors (Lipinski definition) is 3. The molecule has 1 aromatic carbocycles. The fourth-order valence-electron chi connectivity index (χ4n) is 1.98. The summed E-state index contributed by atoms with van der Waals surface area (Å²) in [5.74, 6) is 0.919. The molecule has 3 aromatic rings. The van der Waals surface area contributed by atoms with Crippen molar-refractivity contribution in [2.75, 3.05) is 0 Å². The van der Waals surface area contributed by atoms with Gasteiger partial charge in [0.15, 0.2) is 5.43 Å². The summed E-state index contributed by atoms with van der Waals surface area (Å²) < 4.78 is 0.821. The highest BCUT2D eigenvalue weighted by molar-refractivity contribution is 7.98. The minimum Gasteiger partial charge on any atom is -0.357 e. The van der Waals surface area contributed by atoms with E-state index in [-0.39, 0.29) is 5.43 Å².